The van der Waals surface area contributed by atoms with Gasteiger partial charge in [-0.05, 0) is 109 Å². The van der Waals surface area contributed by atoms with Gasteiger partial charge in [0.25, 0.3) is 0 Å². The monoisotopic (exact) mass is 1550 g/mol. The average molecular weight is 1550 g/mol. The van der Waals surface area contributed by atoms with Crippen LogP contribution in [0.1, 0.15) is 39.1 Å². The SMILES string of the molecule is COc1cccc(CN2CCN(c3ccc(-c4cc(-c5cnn(C)c5)cn5nc(N)c(C#N)c45)cn3)CC2)c1.Cc1ccnc(CN2CCN(c3ccc(-c4cc(-c5cnn(C)c5)cn5nc(N)c(C#N)c45)cn3)CC2)c1.Cn1cc(-c2cc(-c3ccc(N4CCN(Cc5ccccc5Cl)CC4)nc3)c3c(C#N)c(N)nn3c2)cn1. The summed E-state index contributed by atoms with van der Waals surface area (Å²) in [5.74, 6) is 4.32. The Labute approximate surface area is 668 Å². The smallest absolute Gasteiger partial charge is 0.164 e. The number of nitrogen functional groups attached to an aromatic ring is 3. The maximum absolute atomic E-state index is 9.79. The molecule has 3 fully saturated rings. The lowest BCUT2D eigenvalue weighted by Gasteiger charge is -2.35. The number of ether oxygens (including phenoxy) is 1. The number of methoxy groups -OCH3 is 1. The molecule has 6 N–H and O–H groups in total. The number of nitrogens with two attached hydrogens (primary N) is 3. The van der Waals surface area contributed by atoms with Crippen LogP contribution in [0.4, 0.5) is 34.9 Å². The molecule has 0 bridgehead atoms. The summed E-state index contributed by atoms with van der Waals surface area (Å²) in [5.41, 5.74) is 36.9. The first-order valence-electron chi connectivity index (χ1n) is 37.7. The molecule has 15 aromatic rings. The van der Waals surface area contributed by atoms with Crippen molar-refractivity contribution in [3.63, 3.8) is 0 Å². The normalized spacial score (nSPS) is 14.1. The van der Waals surface area contributed by atoms with Gasteiger partial charge in [0, 0.05) is 253 Å². The molecule has 576 valence electrons. The molecule has 0 atom stereocenters. The van der Waals surface area contributed by atoms with E-state index in [2.05, 4.69) is 127 Å². The second-order valence-electron chi connectivity index (χ2n) is 28.9. The van der Waals surface area contributed by atoms with E-state index >= 15 is 0 Å². The van der Waals surface area contributed by atoms with Gasteiger partial charge in [0.2, 0.25) is 0 Å². The lowest BCUT2D eigenvalue weighted by atomic mass is 10.0. The van der Waals surface area contributed by atoms with Crippen molar-refractivity contribution in [3.05, 3.63) is 240 Å². The minimum absolute atomic E-state index is 0.205. The van der Waals surface area contributed by atoms with Crippen molar-refractivity contribution in [2.45, 2.75) is 26.6 Å². The van der Waals surface area contributed by atoms with Gasteiger partial charge < -0.3 is 36.6 Å². The maximum Gasteiger partial charge on any atom is 0.164 e. The van der Waals surface area contributed by atoms with Crippen LogP contribution in [0, 0.1) is 40.9 Å². The highest BCUT2D eigenvalue weighted by molar-refractivity contribution is 6.31. The first-order chi connectivity index (χ1) is 56.0. The number of rotatable bonds is 16. The third-order valence-corrected chi connectivity index (χ3v) is 21.6. The van der Waals surface area contributed by atoms with E-state index in [0.717, 1.165) is 204 Å². The Balaban J connectivity index is 0.000000130. The van der Waals surface area contributed by atoms with Crippen LogP contribution in [0.5, 0.6) is 5.75 Å². The van der Waals surface area contributed by atoms with Gasteiger partial charge in [0.05, 0.1) is 47.9 Å². The maximum atomic E-state index is 9.79. The zero-order valence-electron chi connectivity index (χ0n) is 64.3. The van der Waals surface area contributed by atoms with Crippen LogP contribution < -0.4 is 36.6 Å². The number of halogens is 1. The molecule has 0 saturated carbocycles. The number of pyridine rings is 7. The topological polar surface area (TPSA) is 335 Å². The highest BCUT2D eigenvalue weighted by atomic mass is 35.5. The summed E-state index contributed by atoms with van der Waals surface area (Å²) in [6.45, 7) is 15.7. The quantitative estimate of drug-likeness (QED) is 0.0809. The molecule has 0 aliphatic carbocycles. The fourth-order valence-electron chi connectivity index (χ4n) is 15.2. The molecule has 30 heteroatoms. The largest absolute Gasteiger partial charge is 0.497 e. The molecule has 2 aromatic carbocycles. The van der Waals surface area contributed by atoms with Crippen molar-refractivity contribution in [2.75, 3.05) is 118 Å². The molecular weight excluding hydrogens is 1460 g/mol. The summed E-state index contributed by atoms with van der Waals surface area (Å²) in [4.78, 5) is 33.2. The minimum Gasteiger partial charge on any atom is -0.497 e. The van der Waals surface area contributed by atoms with E-state index in [4.69, 9.17) is 48.5 Å². The summed E-state index contributed by atoms with van der Waals surface area (Å²) in [7, 11) is 7.33. The number of hydrogen-bond donors (Lipinski definition) is 3. The Hall–Kier alpha value is -14.0. The van der Waals surface area contributed by atoms with E-state index in [0.29, 0.717) is 33.2 Å². The number of aryl methyl sites for hydroxylation is 4. The Bertz CT molecular complexity index is 6170. The number of nitriles is 3. The Morgan fingerprint density at radius 2 is 0.809 bits per heavy atom. The predicted octanol–water partition coefficient (Wildman–Crippen LogP) is 11.1. The molecule has 3 saturated heterocycles. The molecule has 18 rings (SSSR count). The number of anilines is 6. The number of hydrogen-bond acceptors (Lipinski definition) is 23. The van der Waals surface area contributed by atoms with Crippen LogP contribution in [0.25, 0.3) is 83.3 Å². The third-order valence-electron chi connectivity index (χ3n) is 21.2. The van der Waals surface area contributed by atoms with Gasteiger partial charge in [-0.25, -0.2) is 28.5 Å². The average Bonchev–Trinajstić information content (AvgIpc) is 1.64. The first kappa shape index (κ1) is 75.0. The van der Waals surface area contributed by atoms with Crippen molar-refractivity contribution in [1.29, 1.82) is 15.8 Å². The van der Waals surface area contributed by atoms with E-state index in [1.54, 1.807) is 53.3 Å². The molecule has 29 nitrogen and oxygen atoms in total. The van der Waals surface area contributed by atoms with Crippen molar-refractivity contribution in [3.8, 4) is 90.7 Å². The van der Waals surface area contributed by atoms with Crippen LogP contribution in [-0.4, -0.2) is 178 Å². The summed E-state index contributed by atoms with van der Waals surface area (Å²) < 4.78 is 15.7. The summed E-state index contributed by atoms with van der Waals surface area (Å²) >= 11 is 6.35. The second kappa shape index (κ2) is 32.7. The fraction of sp³-hybridized carbons (Fsp3) is 0.235. The highest BCUT2D eigenvalue weighted by Gasteiger charge is 2.27. The van der Waals surface area contributed by atoms with E-state index in [1.807, 2.05) is 162 Å². The fourth-order valence-corrected chi connectivity index (χ4v) is 15.4. The molecule has 13 aromatic heterocycles. The Kier molecular flexibility index (Phi) is 21.4. The van der Waals surface area contributed by atoms with Crippen molar-refractivity contribution >= 4 is 63.1 Å². The lowest BCUT2D eigenvalue weighted by Crippen LogP contribution is -2.46. The highest BCUT2D eigenvalue weighted by Crippen LogP contribution is 2.39. The summed E-state index contributed by atoms with van der Waals surface area (Å²) in [5, 5.41) is 56.3. The summed E-state index contributed by atoms with van der Waals surface area (Å²) in [6, 6.07) is 45.5. The number of fused-ring (bicyclic) bond motifs is 3. The van der Waals surface area contributed by atoms with Crippen LogP contribution >= 0.6 is 11.6 Å². The van der Waals surface area contributed by atoms with Gasteiger partial charge in [-0.15, -0.1) is 15.3 Å². The molecule has 0 radical (unpaired) electrons. The zero-order chi connectivity index (χ0) is 79.4. The van der Waals surface area contributed by atoms with Gasteiger partial charge in [-0.3, -0.25) is 33.7 Å². The van der Waals surface area contributed by atoms with Crippen molar-refractivity contribution in [1.82, 2.24) is 92.8 Å². The molecule has 0 unspecified atom stereocenters. The van der Waals surface area contributed by atoms with Crippen LogP contribution in [0.2, 0.25) is 5.02 Å². The van der Waals surface area contributed by atoms with Gasteiger partial charge in [-0.2, -0.15) is 31.1 Å². The van der Waals surface area contributed by atoms with Gasteiger partial charge in [0.15, 0.2) is 17.5 Å². The van der Waals surface area contributed by atoms with E-state index in [-0.39, 0.29) is 17.5 Å². The molecule has 16 heterocycles. The predicted molar refractivity (Wildman–Crippen MR) is 445 cm³/mol. The number of piperazine rings is 3. The van der Waals surface area contributed by atoms with Crippen molar-refractivity contribution < 1.29 is 4.74 Å². The molecule has 115 heavy (non-hydrogen) atoms. The van der Waals surface area contributed by atoms with Crippen LogP contribution in [-0.2, 0) is 40.8 Å². The first-order valence-corrected chi connectivity index (χ1v) is 38.1. The summed E-state index contributed by atoms with van der Waals surface area (Å²) in [6.07, 6.45) is 24.3. The number of aromatic nitrogens is 16. The Morgan fingerprint density at radius 1 is 0.409 bits per heavy atom. The minimum atomic E-state index is 0.205. The standard InChI is InChI=1S/C29H29N9O.C28H26ClN9.C28H28N10/c1-35-18-23(16-33-35)22-13-25(28-26(14-30)29(31)34-38(28)19-22)21-6-7-27(32-15-21)37-10-8-36(9-11-37)17-20-4-3-5-24(12-20)39-2;1-35-16-22(15-33-35)21-12-23(27-24(13-30)28(31)34-38(27)18-21)19-6-7-26(32-14-19)37-10-8-36(9-11-37)17-20-4-2-3-5-25(20)29;1-19-5-6-31-23(11-19)18-36-7-9-37(10-8-36)26-4-3-20(14-32-26)24-12-21(22-15-33-35(2)16-22)17-38-27(24)25(13-29)28(30)34-38/h3-7,12-13,15-16,18-19H,8-11,17H2,1-2H3,(H2,31,34);2-7,12,14-16,18H,8-11,17H2,1H3,(H2,31,34);3-6,11-12,14-17H,7-10,18H2,1-2H3,(H2,30,34). The number of nitrogens with zero attached hydrogens (tertiary/aromatic N) is 25. The van der Waals surface area contributed by atoms with Crippen LogP contribution in [0.3, 0.4) is 0 Å². The molecule has 0 spiro atoms. The van der Waals surface area contributed by atoms with Gasteiger partial charge in [-0.1, -0.05) is 41.9 Å². The molecular formula is C85H83ClN28O. The van der Waals surface area contributed by atoms with Crippen molar-refractivity contribution in [2.24, 2.45) is 21.1 Å². The second-order valence-corrected chi connectivity index (χ2v) is 29.3. The zero-order valence-corrected chi connectivity index (χ0v) is 65.0. The molecule has 3 aliphatic heterocycles. The molecule has 0 amide bonds. The van der Waals surface area contributed by atoms with Crippen LogP contribution in [0.15, 0.2) is 196 Å². The number of benzene rings is 2. The Morgan fingerprint density at radius 3 is 1.17 bits per heavy atom. The van der Waals surface area contributed by atoms with E-state index in [1.165, 1.54) is 11.1 Å². The lowest BCUT2D eigenvalue weighted by molar-refractivity contribution is 0.246. The molecule has 3 aliphatic rings. The van der Waals surface area contributed by atoms with Gasteiger partial charge in [0.1, 0.15) is 58.1 Å². The van der Waals surface area contributed by atoms with E-state index in [9.17, 15) is 15.8 Å². The van der Waals surface area contributed by atoms with E-state index < -0.39 is 0 Å². The third kappa shape index (κ3) is 16.1. The van der Waals surface area contributed by atoms with Gasteiger partial charge >= 0.3 is 0 Å².